The molecule has 9 heteroatoms. The van der Waals surface area contributed by atoms with Crippen LogP contribution in [0.5, 0.6) is 0 Å². The third kappa shape index (κ3) is 3.08. The van der Waals surface area contributed by atoms with Crippen molar-refractivity contribution in [3.05, 3.63) is 52.3 Å². The smallest absolute Gasteiger partial charge is 0.291 e. The number of hydrogen-bond acceptors (Lipinski definition) is 6. The van der Waals surface area contributed by atoms with Crippen LogP contribution in [0.15, 0.2) is 41.4 Å². The maximum absolute atomic E-state index is 12.3. The van der Waals surface area contributed by atoms with Crippen LogP contribution in [-0.4, -0.2) is 18.3 Å². The van der Waals surface area contributed by atoms with Crippen LogP contribution in [0.3, 0.4) is 0 Å². The summed E-state index contributed by atoms with van der Waals surface area (Å²) in [4.78, 5) is 13.7. The molecule has 3 N–H and O–H groups in total. The number of rotatable bonds is 4. The molecule has 1 heterocycles. The molecular weight excluding hydrogens is 296 g/mol. The van der Waals surface area contributed by atoms with E-state index in [9.17, 15) is 18.5 Å². The largest absolute Gasteiger partial charge is 0.399 e. The van der Waals surface area contributed by atoms with Crippen molar-refractivity contribution in [2.24, 2.45) is 0 Å². The van der Waals surface area contributed by atoms with Gasteiger partial charge in [-0.1, -0.05) is 0 Å². The zero-order valence-corrected chi connectivity index (χ0v) is 11.8. The van der Waals surface area contributed by atoms with Crippen molar-refractivity contribution in [1.82, 2.24) is 4.98 Å². The Morgan fingerprint density at radius 3 is 2.67 bits per heavy atom. The Hall–Kier alpha value is -2.68. The topological polar surface area (TPSA) is 128 Å². The third-order valence-corrected chi connectivity index (χ3v) is 4.13. The average molecular weight is 308 g/mol. The first-order valence-corrected chi connectivity index (χ1v) is 7.28. The molecule has 0 saturated carbocycles. The van der Waals surface area contributed by atoms with E-state index >= 15 is 0 Å². The van der Waals surface area contributed by atoms with Gasteiger partial charge >= 0.3 is 0 Å². The quantitative estimate of drug-likeness (QED) is 0.502. The number of pyridine rings is 1. The van der Waals surface area contributed by atoms with Gasteiger partial charge in [-0.15, -0.1) is 0 Å². The second-order valence-corrected chi connectivity index (χ2v) is 5.88. The summed E-state index contributed by atoms with van der Waals surface area (Å²) in [5.74, 6) is 0. The van der Waals surface area contributed by atoms with Crippen molar-refractivity contribution < 1.29 is 13.3 Å². The summed E-state index contributed by atoms with van der Waals surface area (Å²) in [6.45, 7) is 1.62. The monoisotopic (exact) mass is 308 g/mol. The molecule has 0 saturated heterocycles. The fourth-order valence-electron chi connectivity index (χ4n) is 1.70. The molecule has 0 aliphatic heterocycles. The van der Waals surface area contributed by atoms with Gasteiger partial charge in [-0.3, -0.25) is 19.8 Å². The Kier molecular flexibility index (Phi) is 3.76. The molecule has 0 amide bonds. The average Bonchev–Trinajstić information content (AvgIpc) is 2.40. The lowest BCUT2D eigenvalue weighted by molar-refractivity contribution is -0.387. The Morgan fingerprint density at radius 2 is 2.05 bits per heavy atom. The minimum atomic E-state index is -4.12. The fraction of sp³-hybridized carbons (Fsp3) is 0.0833. The molecule has 0 radical (unpaired) electrons. The van der Waals surface area contributed by atoms with Crippen molar-refractivity contribution in [2.75, 3.05) is 10.5 Å². The predicted molar refractivity (Wildman–Crippen MR) is 77.3 cm³/mol. The maximum Gasteiger partial charge on any atom is 0.291 e. The van der Waals surface area contributed by atoms with E-state index in [2.05, 4.69) is 9.71 Å². The van der Waals surface area contributed by atoms with Gasteiger partial charge in [0.25, 0.3) is 15.7 Å². The molecule has 8 nitrogen and oxygen atoms in total. The molecule has 0 atom stereocenters. The molecule has 2 rings (SSSR count). The minimum Gasteiger partial charge on any atom is -0.399 e. The fourth-order valence-corrected chi connectivity index (χ4v) is 2.97. The molecule has 0 spiro atoms. The van der Waals surface area contributed by atoms with Crippen LogP contribution in [0, 0.1) is 17.0 Å². The number of nitrogens with one attached hydrogen (secondary N) is 1. The number of nitro benzene ring substituents is 1. The van der Waals surface area contributed by atoms with Gasteiger partial charge in [0.15, 0.2) is 4.90 Å². The normalized spacial score (nSPS) is 11.1. The number of aromatic nitrogens is 1. The Morgan fingerprint density at radius 1 is 1.33 bits per heavy atom. The zero-order valence-electron chi connectivity index (χ0n) is 11.0. The minimum absolute atomic E-state index is 0.109. The Labute approximate surface area is 120 Å². The van der Waals surface area contributed by atoms with Crippen molar-refractivity contribution >= 4 is 27.1 Å². The number of nitrogen functional groups attached to an aromatic ring is 1. The molecule has 21 heavy (non-hydrogen) atoms. The second kappa shape index (κ2) is 5.37. The molecule has 0 aliphatic rings. The van der Waals surface area contributed by atoms with Gasteiger partial charge in [-0.2, -0.15) is 0 Å². The van der Waals surface area contributed by atoms with Crippen LogP contribution >= 0.6 is 0 Å². The van der Waals surface area contributed by atoms with Crippen LogP contribution in [0.25, 0.3) is 0 Å². The van der Waals surface area contributed by atoms with E-state index in [4.69, 9.17) is 5.73 Å². The lowest BCUT2D eigenvalue weighted by Gasteiger charge is -2.10. The predicted octanol–water partition coefficient (Wildman–Crippen LogP) is 1.68. The van der Waals surface area contributed by atoms with E-state index < -0.39 is 25.5 Å². The number of benzene rings is 1. The van der Waals surface area contributed by atoms with Gasteiger partial charge in [0.1, 0.15) is 0 Å². The summed E-state index contributed by atoms with van der Waals surface area (Å²) in [7, 11) is -4.12. The van der Waals surface area contributed by atoms with Gasteiger partial charge in [0.05, 0.1) is 16.3 Å². The summed E-state index contributed by atoms with van der Waals surface area (Å²) < 4.78 is 26.9. The first kappa shape index (κ1) is 14.7. The van der Waals surface area contributed by atoms with E-state index in [1.165, 1.54) is 18.3 Å². The Balaban J connectivity index is 2.50. The molecule has 0 fully saturated rings. The number of nitrogens with zero attached hydrogens (tertiary/aromatic N) is 2. The third-order valence-electron chi connectivity index (χ3n) is 2.72. The number of sulfonamides is 1. The molecule has 2 aromatic rings. The molecule has 1 aromatic heterocycles. The number of nitrogens with two attached hydrogens (primary N) is 1. The highest BCUT2D eigenvalue weighted by molar-refractivity contribution is 7.92. The van der Waals surface area contributed by atoms with Crippen molar-refractivity contribution in [2.45, 2.75) is 11.8 Å². The highest BCUT2D eigenvalue weighted by Gasteiger charge is 2.26. The summed E-state index contributed by atoms with van der Waals surface area (Å²) in [5.41, 5.74) is 5.70. The molecule has 1 aromatic carbocycles. The van der Waals surface area contributed by atoms with Crippen LogP contribution in [-0.2, 0) is 10.0 Å². The maximum atomic E-state index is 12.3. The number of aryl methyl sites for hydroxylation is 1. The summed E-state index contributed by atoms with van der Waals surface area (Å²) in [6, 6.07) is 6.47. The van der Waals surface area contributed by atoms with E-state index in [0.29, 0.717) is 5.69 Å². The zero-order chi connectivity index (χ0) is 15.6. The van der Waals surface area contributed by atoms with Crippen molar-refractivity contribution in [3.8, 4) is 0 Å². The van der Waals surface area contributed by atoms with E-state index in [-0.39, 0.29) is 11.4 Å². The second-order valence-electron chi connectivity index (χ2n) is 4.23. The van der Waals surface area contributed by atoms with E-state index in [1.54, 1.807) is 13.0 Å². The van der Waals surface area contributed by atoms with Crippen molar-refractivity contribution in [3.63, 3.8) is 0 Å². The standard InChI is InChI=1S/C12H12N4O4S/c1-8-10(3-2-6-14-8)15-21(19,20)12-5-4-9(13)7-11(12)16(17)18/h2-7,15H,13H2,1H3. The first-order valence-electron chi connectivity index (χ1n) is 5.79. The summed E-state index contributed by atoms with van der Waals surface area (Å²) in [5, 5.41) is 11.0. The van der Waals surface area contributed by atoms with Gasteiger partial charge < -0.3 is 5.73 Å². The summed E-state index contributed by atoms with van der Waals surface area (Å²) >= 11 is 0. The molecule has 0 aliphatic carbocycles. The molecule has 0 bridgehead atoms. The number of anilines is 2. The molecule has 0 unspecified atom stereocenters. The first-order chi connectivity index (χ1) is 9.81. The molecule has 110 valence electrons. The SMILES string of the molecule is Cc1ncccc1NS(=O)(=O)c1ccc(N)cc1[N+](=O)[O-]. The van der Waals surface area contributed by atoms with Crippen LogP contribution in [0.2, 0.25) is 0 Å². The highest BCUT2D eigenvalue weighted by atomic mass is 32.2. The Bertz CT molecular complexity index is 805. The number of hydrogen-bond donors (Lipinski definition) is 2. The van der Waals surface area contributed by atoms with Gasteiger partial charge in [0.2, 0.25) is 0 Å². The van der Waals surface area contributed by atoms with Crippen LogP contribution < -0.4 is 10.5 Å². The number of nitro groups is 1. The van der Waals surface area contributed by atoms with Gasteiger partial charge in [-0.05, 0) is 31.2 Å². The van der Waals surface area contributed by atoms with E-state index in [1.807, 2.05) is 0 Å². The van der Waals surface area contributed by atoms with Crippen LogP contribution in [0.1, 0.15) is 5.69 Å². The lowest BCUT2D eigenvalue weighted by Crippen LogP contribution is -2.15. The molecular formula is C12H12N4O4S. The highest BCUT2D eigenvalue weighted by Crippen LogP contribution is 2.28. The van der Waals surface area contributed by atoms with Gasteiger partial charge in [-0.25, -0.2) is 8.42 Å². The lowest BCUT2D eigenvalue weighted by atomic mass is 10.3. The van der Waals surface area contributed by atoms with Crippen LogP contribution in [0.4, 0.5) is 17.1 Å². The van der Waals surface area contributed by atoms with Crippen molar-refractivity contribution in [1.29, 1.82) is 0 Å². The summed E-state index contributed by atoms with van der Waals surface area (Å²) in [6.07, 6.45) is 1.51. The van der Waals surface area contributed by atoms with E-state index in [0.717, 1.165) is 12.1 Å². The van der Waals surface area contributed by atoms with Gasteiger partial charge in [0, 0.05) is 18.0 Å².